The van der Waals surface area contributed by atoms with Gasteiger partial charge in [-0.25, -0.2) is 14.1 Å². The number of benzene rings is 1. The molecule has 6 nitrogen and oxygen atoms in total. The lowest BCUT2D eigenvalue weighted by molar-refractivity contribution is -0.132. The molecule has 3 rings (SSSR count). The van der Waals surface area contributed by atoms with Crippen molar-refractivity contribution in [3.63, 3.8) is 0 Å². The summed E-state index contributed by atoms with van der Waals surface area (Å²) in [5, 5.41) is 2.80. The third-order valence-electron chi connectivity index (χ3n) is 4.62. The Balaban J connectivity index is 1.89. The Kier molecular flexibility index (Phi) is 4.32. The van der Waals surface area contributed by atoms with Crippen molar-refractivity contribution in [2.75, 3.05) is 19.1 Å². The molecule has 0 aromatic heterocycles. The maximum atomic E-state index is 14.0. The van der Waals surface area contributed by atoms with Crippen molar-refractivity contribution < 1.29 is 23.5 Å². The summed E-state index contributed by atoms with van der Waals surface area (Å²) in [5.74, 6) is -1.47. The molecule has 1 aromatic rings. The number of nitrogens with one attached hydrogen (secondary N) is 1. The average molecular weight is 322 g/mol. The molecule has 1 aromatic carbocycles. The number of rotatable bonds is 3. The SMILES string of the molecule is COC1CC2NC(=O)N(c3ccccc3F)C(=O)C2CC1OC. The highest BCUT2D eigenvalue weighted by molar-refractivity contribution is 6.17. The van der Waals surface area contributed by atoms with E-state index in [2.05, 4.69) is 5.32 Å². The lowest BCUT2D eigenvalue weighted by Crippen LogP contribution is -2.64. The number of carbonyl (C=O) groups excluding carboxylic acids is 2. The first-order valence-corrected chi connectivity index (χ1v) is 7.51. The molecule has 4 unspecified atom stereocenters. The van der Waals surface area contributed by atoms with Crippen molar-refractivity contribution in [1.82, 2.24) is 5.32 Å². The number of halogens is 1. The fourth-order valence-corrected chi connectivity index (χ4v) is 3.41. The van der Waals surface area contributed by atoms with Crippen LogP contribution in [0.25, 0.3) is 0 Å². The third kappa shape index (κ3) is 2.70. The molecule has 1 heterocycles. The number of fused-ring (bicyclic) bond motifs is 1. The second kappa shape index (κ2) is 6.25. The summed E-state index contributed by atoms with van der Waals surface area (Å²) in [6.45, 7) is 0. The van der Waals surface area contributed by atoms with E-state index in [0.717, 1.165) is 4.90 Å². The molecule has 1 saturated carbocycles. The van der Waals surface area contributed by atoms with E-state index in [1.54, 1.807) is 20.3 Å². The zero-order valence-corrected chi connectivity index (χ0v) is 13.0. The molecule has 0 radical (unpaired) electrons. The number of hydrogen-bond acceptors (Lipinski definition) is 4. The summed E-state index contributed by atoms with van der Waals surface area (Å²) < 4.78 is 24.8. The number of hydrogen-bond donors (Lipinski definition) is 1. The summed E-state index contributed by atoms with van der Waals surface area (Å²) in [5.41, 5.74) is -0.0312. The van der Waals surface area contributed by atoms with Gasteiger partial charge < -0.3 is 14.8 Å². The Morgan fingerprint density at radius 1 is 1.13 bits per heavy atom. The van der Waals surface area contributed by atoms with Gasteiger partial charge in [0.15, 0.2) is 0 Å². The molecule has 1 saturated heterocycles. The van der Waals surface area contributed by atoms with E-state index in [-0.39, 0.29) is 23.9 Å². The monoisotopic (exact) mass is 322 g/mol. The number of ether oxygens (including phenoxy) is 2. The fourth-order valence-electron chi connectivity index (χ4n) is 3.41. The van der Waals surface area contributed by atoms with E-state index in [9.17, 15) is 14.0 Å². The molecule has 1 N–H and O–H groups in total. The number of urea groups is 1. The first kappa shape index (κ1) is 15.9. The molecular weight excluding hydrogens is 303 g/mol. The number of amides is 3. The van der Waals surface area contributed by atoms with Crippen LogP contribution in [0.3, 0.4) is 0 Å². The van der Waals surface area contributed by atoms with Crippen molar-refractivity contribution in [1.29, 1.82) is 0 Å². The Morgan fingerprint density at radius 2 is 1.78 bits per heavy atom. The molecule has 1 aliphatic carbocycles. The molecule has 23 heavy (non-hydrogen) atoms. The summed E-state index contributed by atoms with van der Waals surface area (Å²) in [7, 11) is 3.15. The van der Waals surface area contributed by atoms with Gasteiger partial charge in [0.25, 0.3) is 0 Å². The normalized spacial score (nSPS) is 30.8. The Labute approximate surface area is 133 Å². The van der Waals surface area contributed by atoms with E-state index in [4.69, 9.17) is 9.47 Å². The molecule has 124 valence electrons. The molecule has 3 amide bonds. The number of nitrogens with zero attached hydrogens (tertiary/aromatic N) is 1. The smallest absolute Gasteiger partial charge is 0.329 e. The predicted octanol–water partition coefficient (Wildman–Crippen LogP) is 1.69. The van der Waals surface area contributed by atoms with Crippen molar-refractivity contribution in [2.24, 2.45) is 5.92 Å². The molecule has 0 spiro atoms. The molecule has 1 aliphatic heterocycles. The molecule has 0 bridgehead atoms. The minimum Gasteiger partial charge on any atom is -0.379 e. The van der Waals surface area contributed by atoms with E-state index in [0.29, 0.717) is 12.8 Å². The van der Waals surface area contributed by atoms with Gasteiger partial charge in [-0.3, -0.25) is 4.79 Å². The van der Waals surface area contributed by atoms with Crippen molar-refractivity contribution in [2.45, 2.75) is 31.1 Å². The van der Waals surface area contributed by atoms with Gasteiger partial charge in [-0.2, -0.15) is 0 Å². The van der Waals surface area contributed by atoms with Crippen LogP contribution in [-0.2, 0) is 14.3 Å². The second-order valence-corrected chi connectivity index (χ2v) is 5.81. The summed E-state index contributed by atoms with van der Waals surface area (Å²) >= 11 is 0. The van der Waals surface area contributed by atoms with Gasteiger partial charge >= 0.3 is 6.03 Å². The Bertz CT molecular complexity index is 624. The van der Waals surface area contributed by atoms with Crippen LogP contribution < -0.4 is 10.2 Å². The quantitative estimate of drug-likeness (QED) is 0.919. The fraction of sp³-hybridized carbons (Fsp3) is 0.500. The highest BCUT2D eigenvalue weighted by atomic mass is 19.1. The van der Waals surface area contributed by atoms with Crippen molar-refractivity contribution in [3.8, 4) is 0 Å². The maximum absolute atomic E-state index is 14.0. The standard InChI is InChI=1S/C16H19FN2O4/c1-22-13-7-9-11(8-14(13)23-2)18-16(21)19(15(9)20)12-6-4-3-5-10(12)17/h3-6,9,11,13-14H,7-8H2,1-2H3,(H,18,21). The van der Waals surface area contributed by atoms with Gasteiger partial charge in [0.05, 0.1) is 23.8 Å². The van der Waals surface area contributed by atoms with Gasteiger partial charge in [0.1, 0.15) is 5.82 Å². The maximum Gasteiger partial charge on any atom is 0.329 e. The minimum absolute atomic E-state index is 0.0312. The zero-order chi connectivity index (χ0) is 16.6. The van der Waals surface area contributed by atoms with Gasteiger partial charge in [0.2, 0.25) is 5.91 Å². The third-order valence-corrected chi connectivity index (χ3v) is 4.62. The van der Waals surface area contributed by atoms with E-state index in [1.165, 1.54) is 18.2 Å². The van der Waals surface area contributed by atoms with Gasteiger partial charge in [-0.1, -0.05) is 12.1 Å². The van der Waals surface area contributed by atoms with Crippen LogP contribution in [0.15, 0.2) is 24.3 Å². The zero-order valence-electron chi connectivity index (χ0n) is 13.0. The molecule has 2 aliphatic rings. The summed E-state index contributed by atoms with van der Waals surface area (Å²) in [6.07, 6.45) is 0.489. The van der Waals surface area contributed by atoms with Crippen molar-refractivity contribution >= 4 is 17.6 Å². The van der Waals surface area contributed by atoms with Crippen LogP contribution in [0.4, 0.5) is 14.9 Å². The van der Waals surface area contributed by atoms with Crippen LogP contribution in [0.1, 0.15) is 12.8 Å². The number of imide groups is 1. The predicted molar refractivity (Wildman–Crippen MR) is 80.5 cm³/mol. The first-order chi connectivity index (χ1) is 11.1. The number of methoxy groups -OCH3 is 2. The molecule has 4 atom stereocenters. The lowest BCUT2D eigenvalue weighted by atomic mass is 9.79. The topological polar surface area (TPSA) is 67.9 Å². The molecule has 7 heteroatoms. The molecular formula is C16H19FN2O4. The highest BCUT2D eigenvalue weighted by Gasteiger charge is 2.48. The number of para-hydroxylation sites is 1. The van der Waals surface area contributed by atoms with Gasteiger partial charge in [-0.05, 0) is 25.0 Å². The van der Waals surface area contributed by atoms with E-state index >= 15 is 0 Å². The number of carbonyl (C=O) groups is 2. The van der Waals surface area contributed by atoms with E-state index in [1.807, 2.05) is 0 Å². The van der Waals surface area contributed by atoms with Crippen LogP contribution >= 0.6 is 0 Å². The highest BCUT2D eigenvalue weighted by Crippen LogP contribution is 2.34. The van der Waals surface area contributed by atoms with Crippen molar-refractivity contribution in [3.05, 3.63) is 30.1 Å². The van der Waals surface area contributed by atoms with E-state index < -0.39 is 23.7 Å². The molecule has 2 fully saturated rings. The summed E-state index contributed by atoms with van der Waals surface area (Å²) in [6, 6.07) is 4.81. The van der Waals surface area contributed by atoms with Gasteiger partial charge in [0, 0.05) is 20.3 Å². The minimum atomic E-state index is -0.608. The van der Waals surface area contributed by atoms with Crippen LogP contribution in [0.5, 0.6) is 0 Å². The van der Waals surface area contributed by atoms with Gasteiger partial charge in [-0.15, -0.1) is 0 Å². The Morgan fingerprint density at radius 3 is 2.43 bits per heavy atom. The van der Waals surface area contributed by atoms with Crippen LogP contribution in [0, 0.1) is 11.7 Å². The Hall–Kier alpha value is -1.99. The first-order valence-electron chi connectivity index (χ1n) is 7.51. The average Bonchev–Trinajstić information content (AvgIpc) is 2.55. The number of anilines is 1. The second-order valence-electron chi connectivity index (χ2n) is 5.81. The van der Waals surface area contributed by atoms with Crippen LogP contribution in [0.2, 0.25) is 0 Å². The summed E-state index contributed by atoms with van der Waals surface area (Å²) in [4.78, 5) is 26.0. The van der Waals surface area contributed by atoms with Crippen LogP contribution in [-0.4, -0.2) is 44.4 Å². The lowest BCUT2D eigenvalue weighted by Gasteiger charge is -2.44. The largest absolute Gasteiger partial charge is 0.379 e.